The van der Waals surface area contributed by atoms with Crippen LogP contribution in [0.5, 0.6) is 0 Å². The number of carboxylic acid groups (broad SMARTS) is 1. The van der Waals surface area contributed by atoms with Gasteiger partial charge in [-0.1, -0.05) is 23.6 Å². The third-order valence-electron chi connectivity index (χ3n) is 11.0. The maximum absolute atomic E-state index is 15.2. The van der Waals surface area contributed by atoms with Crippen LogP contribution >= 0.6 is 11.6 Å². The molecule has 0 saturated carbocycles. The maximum atomic E-state index is 15.2. The number of carboxylic acids is 1. The van der Waals surface area contributed by atoms with Crippen LogP contribution in [0.25, 0.3) is 22.0 Å². The number of alkyl halides is 8. The molecule has 6 rings (SSSR count). The summed E-state index contributed by atoms with van der Waals surface area (Å²) >= 11 is 6.54. The van der Waals surface area contributed by atoms with E-state index >= 15 is 8.78 Å². The predicted molar refractivity (Wildman–Crippen MR) is 233 cm³/mol. The summed E-state index contributed by atoms with van der Waals surface area (Å²) in [6.07, 6.45) is -15.2. The van der Waals surface area contributed by atoms with Crippen LogP contribution < -0.4 is 9.62 Å². The van der Waals surface area contributed by atoms with Gasteiger partial charge >= 0.3 is 24.4 Å². The van der Waals surface area contributed by atoms with Gasteiger partial charge in [0.25, 0.3) is 5.92 Å². The van der Waals surface area contributed by atoms with Crippen molar-refractivity contribution in [2.24, 2.45) is 0 Å². The lowest BCUT2D eigenvalue weighted by Crippen LogP contribution is -2.40. The van der Waals surface area contributed by atoms with Crippen LogP contribution in [0.15, 0.2) is 48.7 Å². The van der Waals surface area contributed by atoms with Crippen LogP contribution in [0.4, 0.5) is 54.5 Å². The number of halogens is 11. The molecule has 0 aliphatic heterocycles. The Hall–Kier alpha value is -6.40. The molecule has 1 aliphatic carbocycles. The fraction of sp³-hybridized carbons (Fsp3) is 0.372. The molecule has 2 aromatic carbocycles. The lowest BCUT2D eigenvalue weighted by molar-refractivity contribution is -0.145. The summed E-state index contributed by atoms with van der Waals surface area (Å²) in [6.45, 7) is -0.0375. The van der Waals surface area contributed by atoms with E-state index in [2.05, 4.69) is 27.2 Å². The molecule has 2 amide bonds. The van der Waals surface area contributed by atoms with Crippen molar-refractivity contribution in [3.8, 4) is 23.0 Å². The molecule has 0 fully saturated rings. The molecule has 0 unspecified atom stereocenters. The Morgan fingerprint density at radius 3 is 2.17 bits per heavy atom. The number of carbonyl (C=O) groups excluding carboxylic acids is 2. The van der Waals surface area contributed by atoms with Crippen molar-refractivity contribution >= 4 is 66.2 Å². The van der Waals surface area contributed by atoms with Gasteiger partial charge in [-0.25, -0.2) is 40.2 Å². The van der Waals surface area contributed by atoms with Crippen LogP contribution in [0.2, 0.25) is 5.02 Å². The van der Waals surface area contributed by atoms with Gasteiger partial charge in [0.1, 0.15) is 35.2 Å². The molecule has 28 heteroatoms. The van der Waals surface area contributed by atoms with Crippen molar-refractivity contribution in [3.63, 3.8) is 0 Å². The zero-order valence-corrected chi connectivity index (χ0v) is 39.6. The normalized spacial score (nSPS) is 14.9. The van der Waals surface area contributed by atoms with Crippen LogP contribution in [0.1, 0.15) is 67.0 Å². The molecule has 2 N–H and O–H groups in total. The average Bonchev–Trinajstić information content (AvgIpc) is 3.86. The minimum Gasteiger partial charge on any atom is -0.479 e. The monoisotopic (exact) mass is 1070 g/mol. The highest BCUT2D eigenvalue weighted by atomic mass is 35.5. The number of hydrogen-bond acceptors (Lipinski definition) is 10. The summed E-state index contributed by atoms with van der Waals surface area (Å²) in [4.78, 5) is 43.5. The number of nitrogens with one attached hydrogen (secondary N) is 1. The molecular formula is C43H37ClF10N6O9S2. The fourth-order valence-corrected chi connectivity index (χ4v) is 8.74. The van der Waals surface area contributed by atoms with Gasteiger partial charge in [0.05, 0.1) is 45.2 Å². The predicted octanol–water partition coefficient (Wildman–Crippen LogP) is 8.10. The summed E-state index contributed by atoms with van der Waals surface area (Å²) < 4.78 is 200. The van der Waals surface area contributed by atoms with Gasteiger partial charge in [0.15, 0.2) is 21.8 Å². The van der Waals surface area contributed by atoms with Crippen LogP contribution in [-0.4, -0.2) is 88.8 Å². The third-order valence-corrected chi connectivity index (χ3v) is 14.2. The van der Waals surface area contributed by atoms with E-state index in [1.807, 2.05) is 0 Å². The first kappa shape index (κ1) is 53.9. The number of pyridine rings is 1. The molecule has 0 spiro atoms. The van der Waals surface area contributed by atoms with E-state index in [1.54, 1.807) is 0 Å². The highest BCUT2D eigenvalue weighted by Gasteiger charge is 2.49. The zero-order valence-electron chi connectivity index (χ0n) is 37.2. The standard InChI is InChI=1S/C43H37ClF10N6O9S2/c1-21(38(62)63)69-39(64)60(71(5,67)68)37-33-30(44)9-8-27(35(33)59(57-37)20-42(49,50)51)26-7-6-25(10-12-40(2,3)70(4,65)66)55-34(26)31(16-22-14-23(45)17-24(46)15-22)56-32(61)19-58-18-29(43(52,53)54)28-11-13-41(47,48)36(28)58/h6-9,14-15,17-18,21,31H,11,13,16,19-20H2,1-5H3,(H,56,61)(H,62,63)/t21-,31-/m0/s1. The second-order valence-electron chi connectivity index (χ2n) is 16.8. The van der Waals surface area contributed by atoms with Crippen molar-refractivity contribution in [1.82, 2.24) is 24.6 Å². The topological polar surface area (TPSA) is 200 Å². The number of amides is 2. The number of hydrogen-bond donors (Lipinski definition) is 2. The van der Waals surface area contributed by atoms with Crippen molar-refractivity contribution < 1.29 is 85.0 Å². The van der Waals surface area contributed by atoms with E-state index in [0.29, 0.717) is 23.1 Å². The Kier molecular flexibility index (Phi) is 14.4. The molecule has 3 aromatic heterocycles. The van der Waals surface area contributed by atoms with Gasteiger partial charge in [0.2, 0.25) is 15.9 Å². The molecule has 0 saturated heterocycles. The molecule has 15 nitrogen and oxygen atoms in total. The van der Waals surface area contributed by atoms with E-state index in [0.717, 1.165) is 49.6 Å². The number of anilines is 1. The molecule has 5 aromatic rings. The first-order valence-corrected chi connectivity index (χ1v) is 24.5. The minimum absolute atomic E-state index is 0.157. The fourth-order valence-electron chi connectivity index (χ4n) is 7.51. The smallest absolute Gasteiger partial charge is 0.430 e. The lowest BCUT2D eigenvalue weighted by atomic mass is 9.93. The van der Waals surface area contributed by atoms with E-state index in [4.69, 9.17) is 16.3 Å². The zero-order chi connectivity index (χ0) is 53.1. The van der Waals surface area contributed by atoms with E-state index in [-0.39, 0.29) is 25.8 Å². The highest BCUT2D eigenvalue weighted by Crippen LogP contribution is 2.48. The van der Waals surface area contributed by atoms with Crippen molar-refractivity contribution in [2.75, 3.05) is 16.8 Å². The van der Waals surface area contributed by atoms with Gasteiger partial charge < -0.3 is 19.7 Å². The maximum Gasteiger partial charge on any atom is 0.430 e. The number of benzene rings is 2. The quantitative estimate of drug-likeness (QED) is 0.0853. The van der Waals surface area contributed by atoms with Crippen molar-refractivity contribution in [2.45, 2.75) is 88.3 Å². The average molecular weight is 1070 g/mol. The van der Waals surface area contributed by atoms with Crippen molar-refractivity contribution in [3.05, 3.63) is 99.1 Å². The SMILES string of the molecule is C[C@H](OC(=O)N(c1nn(CC(F)(F)F)c2c(-c3ccc(C#CC(C)(C)S(C)(=O)=O)nc3[C@H](Cc3cc(F)cc(F)c3)NC(=O)Cn3cc(C(F)(F)F)c4c3C(F)(F)CC4)ccc(Cl)c12)S(C)(=O)=O)C(=O)O. The van der Waals surface area contributed by atoms with Gasteiger partial charge in [-0.2, -0.15) is 44.5 Å². The Morgan fingerprint density at radius 1 is 0.986 bits per heavy atom. The summed E-state index contributed by atoms with van der Waals surface area (Å²) in [5, 5.41) is 14.2. The van der Waals surface area contributed by atoms with E-state index in [1.165, 1.54) is 13.8 Å². The number of sulfone groups is 1. The van der Waals surface area contributed by atoms with Gasteiger partial charge in [-0.15, -0.1) is 0 Å². The number of aromatic nitrogens is 4. The summed E-state index contributed by atoms with van der Waals surface area (Å²) in [6, 6.07) is 4.45. The summed E-state index contributed by atoms with van der Waals surface area (Å²) in [5.74, 6) is -5.37. The first-order chi connectivity index (χ1) is 32.5. The number of sulfonamides is 1. The second kappa shape index (κ2) is 19.0. The molecule has 0 radical (unpaired) electrons. The first-order valence-electron chi connectivity index (χ1n) is 20.3. The minimum atomic E-state index is -5.20. The molecule has 71 heavy (non-hydrogen) atoms. The summed E-state index contributed by atoms with van der Waals surface area (Å²) in [7, 11) is -8.92. The molecule has 0 bridgehead atoms. The third kappa shape index (κ3) is 11.7. The number of ether oxygens (including phenoxy) is 1. The molecule has 3 heterocycles. The van der Waals surface area contributed by atoms with Gasteiger partial charge in [0, 0.05) is 36.1 Å². The second-order valence-corrected chi connectivity index (χ2v) is 21.6. The highest BCUT2D eigenvalue weighted by molar-refractivity contribution is 7.93. The Morgan fingerprint density at radius 2 is 1.61 bits per heavy atom. The van der Waals surface area contributed by atoms with E-state index in [9.17, 15) is 71.4 Å². The summed E-state index contributed by atoms with van der Waals surface area (Å²) in [5.41, 5.74) is -5.98. The Labute approximate surface area is 401 Å². The van der Waals surface area contributed by atoms with Crippen LogP contribution in [0.3, 0.4) is 0 Å². The van der Waals surface area contributed by atoms with Crippen molar-refractivity contribution in [1.29, 1.82) is 0 Å². The Bertz CT molecular complexity index is 3270. The number of rotatable bonds is 13. The molecule has 382 valence electrons. The Balaban J connectivity index is 1.66. The van der Waals surface area contributed by atoms with Gasteiger partial charge in [-0.3, -0.25) is 9.48 Å². The lowest BCUT2D eigenvalue weighted by Gasteiger charge is -2.23. The molecule has 1 aliphatic rings. The molecule has 2 atom stereocenters. The van der Waals surface area contributed by atoms with Gasteiger partial charge in [-0.05, 0) is 81.0 Å². The largest absolute Gasteiger partial charge is 0.479 e. The number of aliphatic carboxylic acids is 1. The number of carbonyl (C=O) groups is 3. The number of fused-ring (bicyclic) bond motifs is 2. The van der Waals surface area contributed by atoms with E-state index < -0.39 is 167 Å². The van der Waals surface area contributed by atoms with Crippen LogP contribution in [0, 0.1) is 23.5 Å². The number of nitrogens with zero attached hydrogens (tertiary/aromatic N) is 5. The van der Waals surface area contributed by atoms with Crippen LogP contribution in [-0.2, 0) is 72.2 Å². The molecular weight excluding hydrogens is 1030 g/mol.